The van der Waals surface area contributed by atoms with Crippen LogP contribution in [0.15, 0.2) is 47.3 Å². The van der Waals surface area contributed by atoms with Crippen LogP contribution in [-0.2, 0) is 38.1 Å². The number of ether oxygens (including phenoxy) is 2. The topological polar surface area (TPSA) is 172 Å². The second-order valence-corrected chi connectivity index (χ2v) is 11.3. The Kier molecular flexibility index (Phi) is 9.14. The highest BCUT2D eigenvalue weighted by Gasteiger charge is 2.51. The minimum Gasteiger partial charge on any atom is -0.479 e. The maximum atomic E-state index is 12.5. The van der Waals surface area contributed by atoms with Crippen LogP contribution >= 0.6 is 15.9 Å². The van der Waals surface area contributed by atoms with Crippen LogP contribution in [0.1, 0.15) is 27.9 Å². The van der Waals surface area contributed by atoms with Crippen LogP contribution in [0.25, 0.3) is 10.9 Å². The van der Waals surface area contributed by atoms with Crippen molar-refractivity contribution in [2.24, 2.45) is 13.0 Å². The number of likely N-dealkylation sites (tertiary alicyclic amines) is 1. The zero-order valence-corrected chi connectivity index (χ0v) is 24.3. The molecule has 3 heterocycles. The highest BCUT2D eigenvalue weighted by Crippen LogP contribution is 2.49. The van der Waals surface area contributed by atoms with Crippen molar-refractivity contribution < 1.29 is 44.3 Å². The molecule has 12 nitrogen and oxygen atoms in total. The van der Waals surface area contributed by atoms with Gasteiger partial charge >= 0.3 is 17.9 Å². The van der Waals surface area contributed by atoms with Crippen molar-refractivity contribution in [2.75, 3.05) is 27.3 Å². The maximum Gasteiger partial charge on any atom is 0.339 e. The van der Waals surface area contributed by atoms with Crippen LogP contribution in [0.3, 0.4) is 0 Å². The molecule has 4 N–H and O–H groups in total. The van der Waals surface area contributed by atoms with Crippen molar-refractivity contribution >= 4 is 44.7 Å². The molecule has 41 heavy (non-hydrogen) atoms. The fraction of sp³-hybridized carbons (Fsp3) is 0.429. The number of piperidine rings is 1. The monoisotopic (exact) mass is 633 g/mol. The van der Waals surface area contributed by atoms with Crippen molar-refractivity contribution in [1.29, 1.82) is 0 Å². The van der Waals surface area contributed by atoms with Gasteiger partial charge in [-0.15, -0.1) is 0 Å². The van der Waals surface area contributed by atoms with E-state index in [0.29, 0.717) is 12.2 Å². The number of aromatic nitrogens is 2. The molecule has 1 aromatic carbocycles. The Morgan fingerprint density at radius 2 is 1.83 bits per heavy atom. The first-order valence-electron chi connectivity index (χ1n) is 12.8. The number of aliphatic hydroxyl groups excluding tert-OH is 2. The number of carboxylic acids is 2. The standard InChI is InChI=1S/C24H26BrN3O3.C4H6O6/c1-27-13-17-8-21-24(30-3,19-5-4-6-20(27)22(17)19)9-15(12-28(21)2)14-31-23(29)16-7-18(25)11-26-10-16;5-1(3(7)8)2(6)4(9)10/h4-7,10-11,13,15,21H,8-9,12,14H2,1-3H3;1-2,5-6H,(H,7,8)(H,9,10)/t15-,21-,24+;1-,2-/m11/s1. The number of hydrogen-bond donors (Lipinski definition) is 4. The lowest BCUT2D eigenvalue weighted by atomic mass is 9.69. The van der Waals surface area contributed by atoms with Gasteiger partial charge in [0.15, 0.2) is 12.2 Å². The molecule has 1 saturated heterocycles. The predicted octanol–water partition coefficient (Wildman–Crippen LogP) is 1.79. The SMILES string of the molecule is CO[C@]12C[C@@H](COC(=O)c3cncc(Br)c3)CN(C)[C@@H]1Cc1cn(C)c3cccc2c13.O=C(O)[C@H](O)[C@@H](O)C(=O)O. The van der Waals surface area contributed by atoms with Gasteiger partial charge in [0, 0.05) is 66.6 Å². The average Bonchev–Trinajstić information content (AvgIpc) is 3.27. The molecule has 1 fully saturated rings. The van der Waals surface area contributed by atoms with Crippen molar-refractivity contribution in [1.82, 2.24) is 14.5 Å². The van der Waals surface area contributed by atoms with Gasteiger partial charge in [0.25, 0.3) is 0 Å². The smallest absolute Gasteiger partial charge is 0.339 e. The Balaban J connectivity index is 0.000000334. The molecule has 13 heteroatoms. The molecule has 0 bridgehead atoms. The molecular weight excluding hydrogens is 602 g/mol. The number of likely N-dealkylation sites (N-methyl/N-ethyl adjacent to an activating group) is 1. The van der Waals surface area contributed by atoms with Crippen molar-refractivity contribution in [3.05, 3.63) is 64.0 Å². The summed E-state index contributed by atoms with van der Waals surface area (Å²) in [4.78, 5) is 38.5. The van der Waals surface area contributed by atoms with Gasteiger partial charge in [-0.05, 0) is 59.1 Å². The minimum atomic E-state index is -2.27. The first-order chi connectivity index (χ1) is 19.4. The van der Waals surface area contributed by atoms with E-state index >= 15 is 0 Å². The lowest BCUT2D eigenvalue weighted by Gasteiger charge is -2.53. The third kappa shape index (κ3) is 5.99. The van der Waals surface area contributed by atoms with Crippen LogP contribution in [-0.4, -0.2) is 98.3 Å². The number of carbonyl (C=O) groups excluding carboxylic acids is 1. The van der Waals surface area contributed by atoms with Crippen LogP contribution in [0.4, 0.5) is 0 Å². The number of hydrogen-bond acceptors (Lipinski definition) is 9. The number of aryl methyl sites for hydroxylation is 1. The molecule has 1 aliphatic carbocycles. The number of carbonyl (C=O) groups is 3. The fourth-order valence-corrected chi connectivity index (χ4v) is 6.26. The van der Waals surface area contributed by atoms with Gasteiger partial charge < -0.3 is 34.5 Å². The van der Waals surface area contributed by atoms with Crippen molar-refractivity contribution in [3.63, 3.8) is 0 Å². The molecule has 0 spiro atoms. The third-order valence-corrected chi connectivity index (χ3v) is 8.16. The number of rotatable bonds is 7. The molecule has 220 valence electrons. The second kappa shape index (κ2) is 12.2. The molecule has 0 radical (unpaired) electrons. The van der Waals surface area contributed by atoms with Gasteiger partial charge in [-0.2, -0.15) is 0 Å². The summed E-state index contributed by atoms with van der Waals surface area (Å²) in [5.41, 5.74) is 3.90. The molecule has 5 rings (SSSR count). The lowest BCUT2D eigenvalue weighted by molar-refractivity contribution is -0.165. The number of esters is 1. The normalized spacial score (nSPS) is 23.1. The van der Waals surface area contributed by atoms with Gasteiger partial charge in [-0.1, -0.05) is 12.1 Å². The summed E-state index contributed by atoms with van der Waals surface area (Å²) in [5.74, 6) is -3.71. The largest absolute Gasteiger partial charge is 0.479 e. The Morgan fingerprint density at radius 1 is 1.15 bits per heavy atom. The van der Waals surface area contributed by atoms with E-state index in [4.69, 9.17) is 29.9 Å². The summed E-state index contributed by atoms with van der Waals surface area (Å²) in [6.45, 7) is 1.21. The molecule has 5 atom stereocenters. The summed E-state index contributed by atoms with van der Waals surface area (Å²) in [6.07, 6.45) is 2.67. The van der Waals surface area contributed by atoms with E-state index in [1.54, 1.807) is 12.3 Å². The van der Waals surface area contributed by atoms with Crippen LogP contribution in [0.5, 0.6) is 0 Å². The highest BCUT2D eigenvalue weighted by atomic mass is 79.9. The zero-order valence-electron chi connectivity index (χ0n) is 22.7. The second-order valence-electron chi connectivity index (χ2n) is 10.3. The maximum absolute atomic E-state index is 12.5. The molecule has 0 saturated carbocycles. The molecule has 3 aromatic rings. The van der Waals surface area contributed by atoms with E-state index in [9.17, 15) is 14.4 Å². The average molecular weight is 634 g/mol. The summed E-state index contributed by atoms with van der Waals surface area (Å²) in [7, 11) is 6.07. The van der Waals surface area contributed by atoms with E-state index < -0.39 is 29.7 Å². The van der Waals surface area contributed by atoms with Crippen molar-refractivity contribution in [2.45, 2.75) is 36.7 Å². The molecular formula is C28H32BrN3O9. The molecule has 1 aliphatic heterocycles. The Morgan fingerprint density at radius 3 is 2.44 bits per heavy atom. The van der Waals surface area contributed by atoms with Crippen LogP contribution < -0.4 is 0 Å². The number of fused-ring (bicyclic) bond motifs is 2. The number of halogens is 1. The van der Waals surface area contributed by atoms with Gasteiger partial charge in [0.2, 0.25) is 0 Å². The summed E-state index contributed by atoms with van der Waals surface area (Å²) >= 11 is 3.35. The fourth-order valence-electron chi connectivity index (χ4n) is 5.90. The number of methoxy groups -OCH3 is 1. The van der Waals surface area contributed by atoms with Gasteiger partial charge in [-0.3, -0.25) is 9.88 Å². The number of aliphatic carboxylic acids is 2. The van der Waals surface area contributed by atoms with Crippen molar-refractivity contribution in [3.8, 4) is 0 Å². The van der Waals surface area contributed by atoms with E-state index in [1.807, 2.05) is 7.11 Å². The quantitative estimate of drug-likeness (QED) is 0.279. The van der Waals surface area contributed by atoms with Crippen LogP contribution in [0, 0.1) is 5.92 Å². The molecule has 0 amide bonds. The lowest BCUT2D eigenvalue weighted by Crippen LogP contribution is -2.59. The molecule has 0 unspecified atom stereocenters. The van der Waals surface area contributed by atoms with Gasteiger partial charge in [0.1, 0.15) is 5.60 Å². The first-order valence-corrected chi connectivity index (χ1v) is 13.6. The first kappa shape index (κ1) is 30.6. The summed E-state index contributed by atoms with van der Waals surface area (Å²) in [5, 5.41) is 33.8. The Bertz CT molecular complexity index is 1440. The number of pyridine rings is 1. The highest BCUT2D eigenvalue weighted by molar-refractivity contribution is 9.10. The Hall–Kier alpha value is -3.36. The van der Waals surface area contributed by atoms with E-state index in [1.165, 1.54) is 28.2 Å². The van der Waals surface area contributed by atoms with Crippen LogP contribution in [0.2, 0.25) is 0 Å². The predicted molar refractivity (Wildman–Crippen MR) is 149 cm³/mol. The number of nitrogens with zero attached hydrogens (tertiary/aromatic N) is 3. The van der Waals surface area contributed by atoms with E-state index in [-0.39, 0.29) is 17.9 Å². The number of carboxylic acid groups (broad SMARTS) is 2. The Labute approximate surface area is 244 Å². The minimum absolute atomic E-state index is 0.172. The number of aliphatic hydroxyl groups is 2. The van der Waals surface area contributed by atoms with E-state index in [2.05, 4.69) is 68.9 Å². The molecule has 2 aliphatic rings. The van der Waals surface area contributed by atoms with E-state index in [0.717, 1.165) is 23.9 Å². The summed E-state index contributed by atoms with van der Waals surface area (Å²) in [6, 6.07) is 8.47. The summed E-state index contributed by atoms with van der Waals surface area (Å²) < 4.78 is 15.0. The van der Waals surface area contributed by atoms with Gasteiger partial charge in [0.05, 0.1) is 12.2 Å². The zero-order chi connectivity index (χ0) is 30.1. The van der Waals surface area contributed by atoms with Gasteiger partial charge in [-0.25, -0.2) is 14.4 Å². The molecule has 2 aromatic heterocycles. The third-order valence-electron chi connectivity index (χ3n) is 7.73. The number of benzene rings is 1.